The minimum atomic E-state index is -0.332. The first-order valence-corrected chi connectivity index (χ1v) is 8.63. The van der Waals surface area contributed by atoms with Crippen LogP contribution in [0, 0.1) is 0 Å². The smallest absolute Gasteiger partial charge is 0.340 e. The Kier molecular flexibility index (Phi) is 5.31. The molecule has 0 saturated carbocycles. The predicted molar refractivity (Wildman–Crippen MR) is 94.2 cm³/mol. The Hall–Kier alpha value is -2.13. The van der Waals surface area contributed by atoms with Crippen molar-refractivity contribution in [1.29, 1.82) is 0 Å². The van der Waals surface area contributed by atoms with Gasteiger partial charge in [-0.3, -0.25) is 0 Å². The normalized spacial score (nSPS) is 15.1. The summed E-state index contributed by atoms with van der Waals surface area (Å²) < 4.78 is 11.0. The molecule has 3 rings (SSSR count). The molecular weight excluding hydrogens is 300 g/mol. The first-order chi connectivity index (χ1) is 11.7. The number of benzene rings is 2. The minimum absolute atomic E-state index is 0.00457. The lowest BCUT2D eigenvalue weighted by Gasteiger charge is -2.12. The van der Waals surface area contributed by atoms with E-state index in [2.05, 4.69) is 26.0 Å². The van der Waals surface area contributed by atoms with E-state index in [9.17, 15) is 4.79 Å². The third-order valence-electron chi connectivity index (χ3n) is 4.84. The molecule has 0 N–H and O–H groups in total. The van der Waals surface area contributed by atoms with Crippen LogP contribution in [0.5, 0.6) is 0 Å². The van der Waals surface area contributed by atoms with Gasteiger partial charge < -0.3 is 9.47 Å². The molecule has 126 valence electrons. The standard InChI is InChI=1S/C21H24O3/c1-3-15(2)16-8-10-17(11-9-16)21(22)24-14-23-20-12-18-6-4-5-7-19(18)13-20/h4-11,15,20H,3,12-14H2,1-2H3. The van der Waals surface area contributed by atoms with Crippen LogP contribution in [0.4, 0.5) is 0 Å². The van der Waals surface area contributed by atoms with Crippen LogP contribution < -0.4 is 0 Å². The monoisotopic (exact) mass is 324 g/mol. The molecule has 3 nitrogen and oxygen atoms in total. The molecule has 0 fully saturated rings. The molecular formula is C21H24O3. The molecule has 0 saturated heterocycles. The molecule has 0 aromatic heterocycles. The largest absolute Gasteiger partial charge is 0.435 e. The lowest BCUT2D eigenvalue weighted by atomic mass is 9.98. The van der Waals surface area contributed by atoms with Crippen LogP contribution in [0.15, 0.2) is 48.5 Å². The molecule has 0 heterocycles. The Morgan fingerprint density at radius 2 is 1.71 bits per heavy atom. The summed E-state index contributed by atoms with van der Waals surface area (Å²) in [6.45, 7) is 4.34. The molecule has 2 aromatic rings. The SMILES string of the molecule is CCC(C)c1ccc(C(=O)OCOC2Cc3ccccc3C2)cc1. The Bertz CT molecular complexity index is 665. The molecule has 0 spiro atoms. The van der Waals surface area contributed by atoms with E-state index in [-0.39, 0.29) is 18.9 Å². The van der Waals surface area contributed by atoms with Crippen molar-refractivity contribution in [2.45, 2.75) is 45.1 Å². The van der Waals surface area contributed by atoms with Crippen LogP contribution in [0.1, 0.15) is 53.2 Å². The Balaban J connectivity index is 1.46. The van der Waals surface area contributed by atoms with Crippen molar-refractivity contribution in [1.82, 2.24) is 0 Å². The number of rotatable bonds is 6. The van der Waals surface area contributed by atoms with Crippen molar-refractivity contribution in [3.8, 4) is 0 Å². The number of hydrogen-bond acceptors (Lipinski definition) is 3. The van der Waals surface area contributed by atoms with Gasteiger partial charge in [0.2, 0.25) is 0 Å². The zero-order chi connectivity index (χ0) is 16.9. The van der Waals surface area contributed by atoms with Gasteiger partial charge in [0.15, 0.2) is 6.79 Å². The van der Waals surface area contributed by atoms with Gasteiger partial charge in [0.05, 0.1) is 11.7 Å². The first kappa shape index (κ1) is 16.7. The van der Waals surface area contributed by atoms with Crippen molar-refractivity contribution in [2.75, 3.05) is 6.79 Å². The number of fused-ring (bicyclic) bond motifs is 1. The molecule has 0 radical (unpaired) electrons. The van der Waals surface area contributed by atoms with Crippen LogP contribution in [0.3, 0.4) is 0 Å². The minimum Gasteiger partial charge on any atom is -0.435 e. The summed E-state index contributed by atoms with van der Waals surface area (Å²) in [5.74, 6) is 0.170. The number of ether oxygens (including phenoxy) is 2. The number of hydrogen-bond donors (Lipinski definition) is 0. The second-order valence-corrected chi connectivity index (χ2v) is 6.45. The van der Waals surface area contributed by atoms with Gasteiger partial charge in [-0.05, 0) is 54.0 Å². The van der Waals surface area contributed by atoms with Gasteiger partial charge >= 0.3 is 5.97 Å². The fraction of sp³-hybridized carbons (Fsp3) is 0.381. The second kappa shape index (κ2) is 7.63. The zero-order valence-corrected chi connectivity index (χ0v) is 14.3. The number of esters is 1. The zero-order valence-electron chi connectivity index (χ0n) is 14.3. The van der Waals surface area contributed by atoms with Crippen LogP contribution in [0.2, 0.25) is 0 Å². The molecule has 0 amide bonds. The summed E-state index contributed by atoms with van der Waals surface area (Å²) in [5, 5.41) is 0. The van der Waals surface area contributed by atoms with Gasteiger partial charge in [0.1, 0.15) is 0 Å². The van der Waals surface area contributed by atoms with Crippen molar-refractivity contribution < 1.29 is 14.3 Å². The second-order valence-electron chi connectivity index (χ2n) is 6.45. The van der Waals surface area contributed by atoms with Crippen LogP contribution in [-0.4, -0.2) is 18.9 Å². The maximum atomic E-state index is 12.1. The van der Waals surface area contributed by atoms with Crippen molar-refractivity contribution in [2.24, 2.45) is 0 Å². The Morgan fingerprint density at radius 3 is 2.29 bits per heavy atom. The highest BCUT2D eigenvalue weighted by Gasteiger charge is 2.21. The summed E-state index contributed by atoms with van der Waals surface area (Å²) >= 11 is 0. The summed E-state index contributed by atoms with van der Waals surface area (Å²) in [4.78, 5) is 12.1. The van der Waals surface area contributed by atoms with Gasteiger partial charge in [-0.15, -0.1) is 0 Å². The fourth-order valence-corrected chi connectivity index (χ4v) is 3.09. The molecule has 0 aliphatic heterocycles. The van der Waals surface area contributed by atoms with E-state index >= 15 is 0 Å². The molecule has 3 heteroatoms. The highest BCUT2D eigenvalue weighted by Crippen LogP contribution is 2.24. The number of carbonyl (C=O) groups excluding carboxylic acids is 1. The molecule has 1 aliphatic rings. The van der Waals surface area contributed by atoms with Crippen LogP contribution in [0.25, 0.3) is 0 Å². The van der Waals surface area contributed by atoms with Gasteiger partial charge in [-0.2, -0.15) is 0 Å². The van der Waals surface area contributed by atoms with Gasteiger partial charge in [-0.25, -0.2) is 4.79 Å². The van der Waals surface area contributed by atoms with Crippen molar-refractivity contribution in [3.05, 3.63) is 70.8 Å². The summed E-state index contributed by atoms with van der Waals surface area (Å²) in [6, 6.07) is 16.0. The quantitative estimate of drug-likeness (QED) is 0.580. The summed E-state index contributed by atoms with van der Waals surface area (Å²) in [6.07, 6.45) is 2.96. The molecule has 1 atom stereocenters. The van der Waals surface area contributed by atoms with Crippen molar-refractivity contribution >= 4 is 5.97 Å². The molecule has 1 unspecified atom stereocenters. The van der Waals surface area contributed by atoms with Gasteiger partial charge in [-0.1, -0.05) is 50.2 Å². The highest BCUT2D eigenvalue weighted by molar-refractivity contribution is 5.89. The maximum absolute atomic E-state index is 12.1. The Morgan fingerprint density at radius 1 is 1.08 bits per heavy atom. The molecule has 0 bridgehead atoms. The van der Waals surface area contributed by atoms with E-state index in [4.69, 9.17) is 9.47 Å². The summed E-state index contributed by atoms with van der Waals surface area (Å²) in [7, 11) is 0. The van der Waals surface area contributed by atoms with E-state index < -0.39 is 0 Å². The van der Waals surface area contributed by atoms with E-state index in [1.54, 1.807) is 0 Å². The van der Waals surface area contributed by atoms with E-state index in [1.807, 2.05) is 36.4 Å². The Labute approximate surface area is 143 Å². The lowest BCUT2D eigenvalue weighted by Crippen LogP contribution is -2.17. The van der Waals surface area contributed by atoms with E-state index in [1.165, 1.54) is 16.7 Å². The third-order valence-corrected chi connectivity index (χ3v) is 4.84. The van der Waals surface area contributed by atoms with Gasteiger partial charge in [0.25, 0.3) is 0 Å². The van der Waals surface area contributed by atoms with Crippen molar-refractivity contribution in [3.63, 3.8) is 0 Å². The molecule has 2 aromatic carbocycles. The molecule has 24 heavy (non-hydrogen) atoms. The predicted octanol–water partition coefficient (Wildman–Crippen LogP) is 4.50. The highest BCUT2D eigenvalue weighted by atomic mass is 16.7. The van der Waals surface area contributed by atoms with Crippen LogP contribution >= 0.6 is 0 Å². The average molecular weight is 324 g/mol. The number of carbonyl (C=O) groups is 1. The average Bonchev–Trinajstić information content (AvgIpc) is 3.03. The third kappa shape index (κ3) is 3.85. The lowest BCUT2D eigenvalue weighted by molar-refractivity contribution is -0.0618. The molecule has 1 aliphatic carbocycles. The van der Waals surface area contributed by atoms with E-state index in [0.717, 1.165) is 19.3 Å². The van der Waals surface area contributed by atoms with Gasteiger partial charge in [0, 0.05) is 0 Å². The van der Waals surface area contributed by atoms with E-state index in [0.29, 0.717) is 11.5 Å². The van der Waals surface area contributed by atoms with Crippen LogP contribution in [-0.2, 0) is 22.3 Å². The topological polar surface area (TPSA) is 35.5 Å². The maximum Gasteiger partial charge on any atom is 0.340 e. The summed E-state index contributed by atoms with van der Waals surface area (Å²) in [5.41, 5.74) is 4.47. The fourth-order valence-electron chi connectivity index (χ4n) is 3.09. The first-order valence-electron chi connectivity index (χ1n) is 8.63.